The van der Waals surface area contributed by atoms with Crippen LogP contribution in [-0.4, -0.2) is 9.97 Å². The lowest BCUT2D eigenvalue weighted by atomic mass is 10.1. The summed E-state index contributed by atoms with van der Waals surface area (Å²) in [6.07, 6.45) is 0.963. The number of aromatic nitrogens is 2. The first-order valence-electron chi connectivity index (χ1n) is 6.30. The second kappa shape index (κ2) is 4.60. The molecule has 2 aromatic carbocycles. The van der Waals surface area contributed by atoms with Gasteiger partial charge in [-0.05, 0) is 40.0 Å². The van der Waals surface area contributed by atoms with Crippen LogP contribution in [0.5, 0.6) is 0 Å². The van der Waals surface area contributed by atoms with Crippen LogP contribution >= 0.6 is 27.7 Å². The molecule has 0 bridgehead atoms. The van der Waals surface area contributed by atoms with Gasteiger partial charge < -0.3 is 4.98 Å². The highest BCUT2D eigenvalue weighted by Crippen LogP contribution is 2.45. The van der Waals surface area contributed by atoms with Crippen LogP contribution in [0.2, 0.25) is 0 Å². The number of nitrogens with one attached hydrogen (secondary N) is 1. The van der Waals surface area contributed by atoms with Gasteiger partial charge in [0.25, 0.3) is 0 Å². The number of hydrogen-bond donors (Lipinski definition) is 1. The Bertz CT molecular complexity index is 751. The monoisotopic (exact) mass is 348 g/mol. The van der Waals surface area contributed by atoms with Gasteiger partial charge in [0.1, 0.15) is 11.6 Å². The Morgan fingerprint density at radius 3 is 3.00 bits per heavy atom. The molecule has 1 unspecified atom stereocenters. The lowest BCUT2D eigenvalue weighted by Gasteiger charge is -2.02. The predicted octanol–water partition coefficient (Wildman–Crippen LogP) is 4.85. The Morgan fingerprint density at radius 1 is 1.30 bits per heavy atom. The van der Waals surface area contributed by atoms with Crippen LogP contribution < -0.4 is 0 Å². The minimum Gasteiger partial charge on any atom is -0.341 e. The fraction of sp³-hybridized carbons (Fsp3) is 0.133. The molecule has 0 saturated carbocycles. The van der Waals surface area contributed by atoms with E-state index in [1.807, 2.05) is 11.8 Å². The fourth-order valence-corrected chi connectivity index (χ4v) is 4.10. The third kappa shape index (κ3) is 1.96. The molecular formula is C15H10BrFN2S. The summed E-state index contributed by atoms with van der Waals surface area (Å²) in [6, 6.07) is 11.6. The van der Waals surface area contributed by atoms with Gasteiger partial charge >= 0.3 is 0 Å². The molecule has 2 heterocycles. The molecule has 2 nitrogen and oxygen atoms in total. The number of hydrogen-bond acceptors (Lipinski definition) is 2. The molecular weight excluding hydrogens is 339 g/mol. The SMILES string of the molecule is Fc1cc2[nH]c(C3Cc4ccccc4S3)nc2cc1Br. The van der Waals surface area contributed by atoms with Crippen molar-refractivity contribution in [1.82, 2.24) is 9.97 Å². The molecule has 20 heavy (non-hydrogen) atoms. The van der Waals surface area contributed by atoms with Crippen LogP contribution in [0.1, 0.15) is 16.6 Å². The van der Waals surface area contributed by atoms with Crippen LogP contribution in [0.15, 0.2) is 45.8 Å². The maximum Gasteiger partial charge on any atom is 0.139 e. The van der Waals surface area contributed by atoms with Crippen molar-refractivity contribution in [3.05, 3.63) is 58.1 Å². The van der Waals surface area contributed by atoms with E-state index in [0.717, 1.165) is 23.3 Å². The highest BCUT2D eigenvalue weighted by atomic mass is 79.9. The maximum atomic E-state index is 13.6. The van der Waals surface area contributed by atoms with Crippen molar-refractivity contribution in [3.8, 4) is 0 Å². The molecule has 1 aliphatic rings. The first-order valence-corrected chi connectivity index (χ1v) is 7.97. The molecule has 1 atom stereocenters. The van der Waals surface area contributed by atoms with Crippen LogP contribution in [0.25, 0.3) is 11.0 Å². The molecule has 4 rings (SSSR count). The highest BCUT2D eigenvalue weighted by Gasteiger charge is 2.26. The van der Waals surface area contributed by atoms with Gasteiger partial charge in [-0.3, -0.25) is 0 Å². The molecule has 0 amide bonds. The summed E-state index contributed by atoms with van der Waals surface area (Å²) in [5.41, 5.74) is 2.90. The number of thioether (sulfide) groups is 1. The number of aromatic amines is 1. The van der Waals surface area contributed by atoms with E-state index >= 15 is 0 Å². The van der Waals surface area contributed by atoms with E-state index in [4.69, 9.17) is 0 Å². The summed E-state index contributed by atoms with van der Waals surface area (Å²) < 4.78 is 14.0. The normalized spacial score (nSPS) is 17.6. The van der Waals surface area contributed by atoms with Crippen molar-refractivity contribution >= 4 is 38.7 Å². The van der Waals surface area contributed by atoms with Gasteiger partial charge in [0.2, 0.25) is 0 Å². The van der Waals surface area contributed by atoms with Gasteiger partial charge in [-0.1, -0.05) is 18.2 Å². The van der Waals surface area contributed by atoms with E-state index in [2.05, 4.69) is 50.2 Å². The smallest absolute Gasteiger partial charge is 0.139 e. The zero-order valence-electron chi connectivity index (χ0n) is 10.4. The molecule has 5 heteroatoms. The number of rotatable bonds is 1. The number of imidazole rings is 1. The van der Waals surface area contributed by atoms with Gasteiger partial charge in [0.15, 0.2) is 0 Å². The molecule has 0 fully saturated rings. The molecule has 100 valence electrons. The van der Waals surface area contributed by atoms with E-state index in [0.29, 0.717) is 4.47 Å². The molecule has 0 saturated heterocycles. The molecule has 3 aromatic rings. The van der Waals surface area contributed by atoms with Gasteiger partial charge in [0.05, 0.1) is 20.8 Å². The van der Waals surface area contributed by atoms with Crippen molar-refractivity contribution in [2.45, 2.75) is 16.6 Å². The second-order valence-corrected chi connectivity index (χ2v) is 6.92. The second-order valence-electron chi connectivity index (χ2n) is 4.82. The molecule has 1 N–H and O–H groups in total. The minimum atomic E-state index is -0.268. The highest BCUT2D eigenvalue weighted by molar-refractivity contribution is 9.10. The van der Waals surface area contributed by atoms with E-state index in [9.17, 15) is 4.39 Å². The molecule has 0 radical (unpaired) electrons. The van der Waals surface area contributed by atoms with Gasteiger partial charge in [0, 0.05) is 11.0 Å². The third-order valence-electron chi connectivity index (χ3n) is 3.49. The Hall–Kier alpha value is -1.33. The van der Waals surface area contributed by atoms with Gasteiger partial charge in [-0.15, -0.1) is 11.8 Å². The summed E-state index contributed by atoms with van der Waals surface area (Å²) in [5.74, 6) is 0.647. The fourth-order valence-electron chi connectivity index (χ4n) is 2.51. The summed E-state index contributed by atoms with van der Waals surface area (Å²) in [4.78, 5) is 9.16. The number of fused-ring (bicyclic) bond motifs is 2. The summed E-state index contributed by atoms with van der Waals surface area (Å²) in [7, 11) is 0. The number of nitrogens with zero attached hydrogens (tertiary/aromatic N) is 1. The van der Waals surface area contributed by atoms with Gasteiger partial charge in [-0.2, -0.15) is 0 Å². The van der Waals surface area contributed by atoms with Crippen LogP contribution in [0.3, 0.4) is 0 Å². The third-order valence-corrected chi connectivity index (χ3v) is 5.43. The lowest BCUT2D eigenvalue weighted by molar-refractivity contribution is 0.623. The van der Waals surface area contributed by atoms with Crippen molar-refractivity contribution in [3.63, 3.8) is 0 Å². The molecule has 0 aliphatic carbocycles. The van der Waals surface area contributed by atoms with Crippen molar-refractivity contribution in [2.75, 3.05) is 0 Å². The molecule has 1 aliphatic heterocycles. The predicted molar refractivity (Wildman–Crippen MR) is 82.5 cm³/mol. The quantitative estimate of drug-likeness (QED) is 0.680. The van der Waals surface area contributed by atoms with Crippen LogP contribution in [-0.2, 0) is 6.42 Å². The topological polar surface area (TPSA) is 28.7 Å². The van der Waals surface area contributed by atoms with E-state index in [-0.39, 0.29) is 11.1 Å². The summed E-state index contributed by atoms with van der Waals surface area (Å²) in [5, 5.41) is 0.279. The summed E-state index contributed by atoms with van der Waals surface area (Å²) in [6.45, 7) is 0. The Labute approximate surface area is 127 Å². The molecule has 1 aromatic heterocycles. The van der Waals surface area contributed by atoms with E-state index in [1.165, 1.54) is 16.5 Å². The number of benzene rings is 2. The largest absolute Gasteiger partial charge is 0.341 e. The standard InChI is InChI=1S/C15H10BrFN2S/c16-9-6-11-12(7-10(9)17)19-15(18-11)14-5-8-3-1-2-4-13(8)20-14/h1-4,6-7,14H,5H2,(H,18,19). The van der Waals surface area contributed by atoms with Gasteiger partial charge in [-0.25, -0.2) is 9.37 Å². The first-order chi connectivity index (χ1) is 9.70. The van der Waals surface area contributed by atoms with Crippen molar-refractivity contribution in [1.29, 1.82) is 0 Å². The Morgan fingerprint density at radius 2 is 2.15 bits per heavy atom. The van der Waals surface area contributed by atoms with Crippen LogP contribution in [0.4, 0.5) is 4.39 Å². The zero-order chi connectivity index (χ0) is 13.7. The lowest BCUT2D eigenvalue weighted by Crippen LogP contribution is -1.94. The average Bonchev–Trinajstić information content (AvgIpc) is 3.02. The van der Waals surface area contributed by atoms with Crippen LogP contribution in [0, 0.1) is 5.82 Å². The maximum absolute atomic E-state index is 13.6. The molecule has 0 spiro atoms. The number of halogens is 2. The zero-order valence-corrected chi connectivity index (χ0v) is 12.8. The summed E-state index contributed by atoms with van der Waals surface area (Å²) >= 11 is 5.01. The average molecular weight is 349 g/mol. The van der Waals surface area contributed by atoms with E-state index < -0.39 is 0 Å². The first kappa shape index (κ1) is 12.4. The Kier molecular flexibility index (Phi) is 2.86. The van der Waals surface area contributed by atoms with E-state index in [1.54, 1.807) is 6.07 Å². The Balaban J connectivity index is 1.74. The van der Waals surface area contributed by atoms with Crippen molar-refractivity contribution in [2.24, 2.45) is 0 Å². The van der Waals surface area contributed by atoms with Crippen molar-refractivity contribution < 1.29 is 4.39 Å². The minimum absolute atomic E-state index is 0.268. The number of H-pyrrole nitrogens is 1.